The number of aromatic nitrogens is 3. The van der Waals surface area contributed by atoms with Crippen LogP contribution in [0.5, 0.6) is 6.01 Å². The fourth-order valence-corrected chi connectivity index (χ4v) is 1.45. The van der Waals surface area contributed by atoms with Crippen LogP contribution in [0.1, 0.15) is 5.56 Å². The van der Waals surface area contributed by atoms with Gasteiger partial charge in [0.05, 0.1) is 12.8 Å². The smallest absolute Gasteiger partial charge is 0.353 e. The monoisotopic (exact) mass is 219 g/mol. The first-order chi connectivity index (χ1) is 7.63. The Labute approximate surface area is 92.9 Å². The Morgan fingerprint density at radius 1 is 1.25 bits per heavy atom. The van der Waals surface area contributed by atoms with Gasteiger partial charge >= 0.3 is 11.7 Å². The van der Waals surface area contributed by atoms with Gasteiger partial charge in [0.25, 0.3) is 0 Å². The van der Waals surface area contributed by atoms with E-state index in [1.54, 1.807) is 7.05 Å². The second kappa shape index (κ2) is 3.84. The van der Waals surface area contributed by atoms with Crippen molar-refractivity contribution in [2.24, 2.45) is 7.05 Å². The first-order valence-electron chi connectivity index (χ1n) is 4.90. The number of nitrogens with zero attached hydrogens (tertiary/aromatic N) is 3. The van der Waals surface area contributed by atoms with E-state index < -0.39 is 0 Å². The Bertz CT molecular complexity index is 552. The first kappa shape index (κ1) is 10.5. The molecular formula is C11H13N3O2. The highest BCUT2D eigenvalue weighted by Gasteiger charge is 2.11. The molecule has 0 radical (unpaired) electrons. The molecule has 0 unspecified atom stereocenters. The van der Waals surface area contributed by atoms with Gasteiger partial charge in [0.1, 0.15) is 0 Å². The van der Waals surface area contributed by atoms with Gasteiger partial charge < -0.3 is 4.74 Å². The van der Waals surface area contributed by atoms with Crippen LogP contribution in [0.15, 0.2) is 29.1 Å². The van der Waals surface area contributed by atoms with Gasteiger partial charge in [-0.1, -0.05) is 17.7 Å². The first-order valence-corrected chi connectivity index (χ1v) is 4.90. The second-order valence-corrected chi connectivity index (χ2v) is 3.58. The summed E-state index contributed by atoms with van der Waals surface area (Å²) < 4.78 is 7.66. The molecule has 16 heavy (non-hydrogen) atoms. The lowest BCUT2D eigenvalue weighted by atomic mass is 10.2. The molecule has 0 aliphatic carbocycles. The molecule has 5 nitrogen and oxygen atoms in total. The van der Waals surface area contributed by atoms with Crippen LogP contribution in [0.4, 0.5) is 0 Å². The van der Waals surface area contributed by atoms with Crippen molar-refractivity contribution in [1.29, 1.82) is 0 Å². The van der Waals surface area contributed by atoms with E-state index in [0.717, 1.165) is 11.3 Å². The van der Waals surface area contributed by atoms with Gasteiger partial charge in [0, 0.05) is 7.05 Å². The molecular weight excluding hydrogens is 206 g/mol. The molecule has 0 aliphatic heterocycles. The molecule has 0 N–H and O–H groups in total. The number of methoxy groups -OCH3 is 1. The van der Waals surface area contributed by atoms with Gasteiger partial charge in [0.2, 0.25) is 0 Å². The van der Waals surface area contributed by atoms with Crippen molar-refractivity contribution >= 4 is 0 Å². The topological polar surface area (TPSA) is 49.1 Å². The Morgan fingerprint density at radius 2 is 1.88 bits per heavy atom. The van der Waals surface area contributed by atoms with E-state index in [1.165, 1.54) is 16.4 Å². The third kappa shape index (κ3) is 1.60. The molecule has 1 aromatic heterocycles. The molecule has 0 atom stereocenters. The molecule has 1 heterocycles. The molecule has 0 fully saturated rings. The summed E-state index contributed by atoms with van der Waals surface area (Å²) in [7, 11) is 3.11. The largest absolute Gasteiger partial charge is 0.467 e. The van der Waals surface area contributed by atoms with Gasteiger partial charge in [-0.25, -0.2) is 9.36 Å². The molecule has 5 heteroatoms. The molecule has 0 bridgehead atoms. The Kier molecular flexibility index (Phi) is 2.52. The van der Waals surface area contributed by atoms with E-state index in [1.807, 2.05) is 31.2 Å². The molecule has 0 amide bonds. The normalized spacial score (nSPS) is 10.4. The van der Waals surface area contributed by atoms with Crippen molar-refractivity contribution in [3.8, 4) is 11.7 Å². The average Bonchev–Trinajstić information content (AvgIpc) is 2.57. The highest BCUT2D eigenvalue weighted by Crippen LogP contribution is 2.08. The van der Waals surface area contributed by atoms with Crippen LogP contribution in [-0.2, 0) is 7.05 Å². The lowest BCUT2D eigenvalue weighted by Gasteiger charge is -1.98. The summed E-state index contributed by atoms with van der Waals surface area (Å²) in [4.78, 5) is 11.8. The van der Waals surface area contributed by atoms with Gasteiger partial charge in [-0.05, 0) is 19.1 Å². The quantitative estimate of drug-likeness (QED) is 0.753. The SMILES string of the molecule is COc1nn(-c2ccc(C)cc2)c(=O)n1C. The minimum absolute atomic E-state index is 0.222. The summed E-state index contributed by atoms with van der Waals surface area (Å²) in [6, 6.07) is 7.86. The molecule has 2 rings (SSSR count). The zero-order chi connectivity index (χ0) is 11.7. The lowest BCUT2D eigenvalue weighted by Crippen LogP contribution is -2.21. The van der Waals surface area contributed by atoms with Crippen LogP contribution in [0, 0.1) is 6.92 Å². The van der Waals surface area contributed by atoms with Gasteiger partial charge in [0.15, 0.2) is 0 Å². The zero-order valence-electron chi connectivity index (χ0n) is 9.47. The standard InChI is InChI=1S/C11H13N3O2/c1-8-4-6-9(7-5-8)14-11(15)13(2)10(12-14)16-3/h4-7H,1-3H3. The van der Waals surface area contributed by atoms with E-state index in [-0.39, 0.29) is 5.69 Å². The number of hydrogen-bond acceptors (Lipinski definition) is 3. The van der Waals surface area contributed by atoms with E-state index >= 15 is 0 Å². The van der Waals surface area contributed by atoms with Crippen LogP contribution in [0.25, 0.3) is 5.69 Å². The summed E-state index contributed by atoms with van der Waals surface area (Å²) >= 11 is 0. The number of benzene rings is 1. The van der Waals surface area contributed by atoms with Gasteiger partial charge in [-0.15, -0.1) is 5.10 Å². The zero-order valence-corrected chi connectivity index (χ0v) is 9.47. The van der Waals surface area contributed by atoms with Crippen molar-refractivity contribution in [2.75, 3.05) is 7.11 Å². The van der Waals surface area contributed by atoms with Crippen molar-refractivity contribution < 1.29 is 4.74 Å². The van der Waals surface area contributed by atoms with Crippen LogP contribution in [-0.4, -0.2) is 21.5 Å². The van der Waals surface area contributed by atoms with Gasteiger partial charge in [-0.2, -0.15) is 4.68 Å². The van der Waals surface area contributed by atoms with Crippen LogP contribution >= 0.6 is 0 Å². The van der Waals surface area contributed by atoms with Gasteiger partial charge in [-0.3, -0.25) is 0 Å². The lowest BCUT2D eigenvalue weighted by molar-refractivity contribution is 0.362. The molecule has 1 aromatic carbocycles. The third-order valence-corrected chi connectivity index (χ3v) is 2.40. The summed E-state index contributed by atoms with van der Waals surface area (Å²) in [5.41, 5.74) is 1.65. The van der Waals surface area contributed by atoms with Crippen LogP contribution < -0.4 is 10.4 Å². The van der Waals surface area contributed by atoms with E-state index in [4.69, 9.17) is 4.74 Å². The number of rotatable bonds is 2. The van der Waals surface area contributed by atoms with Crippen molar-refractivity contribution in [3.05, 3.63) is 40.3 Å². The second-order valence-electron chi connectivity index (χ2n) is 3.58. The summed E-state index contributed by atoms with van der Waals surface area (Å²) in [5.74, 6) is 0. The fraction of sp³-hybridized carbons (Fsp3) is 0.273. The molecule has 0 saturated carbocycles. The summed E-state index contributed by atoms with van der Waals surface area (Å²) in [6.45, 7) is 1.99. The molecule has 0 aliphatic rings. The van der Waals surface area contributed by atoms with E-state index in [9.17, 15) is 4.79 Å². The maximum Gasteiger partial charge on any atom is 0.353 e. The number of aryl methyl sites for hydroxylation is 1. The maximum absolute atomic E-state index is 11.8. The molecule has 2 aromatic rings. The predicted molar refractivity (Wildman–Crippen MR) is 60.1 cm³/mol. The predicted octanol–water partition coefficient (Wildman–Crippen LogP) is 0.888. The molecule has 84 valence electrons. The highest BCUT2D eigenvalue weighted by molar-refractivity contribution is 5.33. The average molecular weight is 219 g/mol. The fourth-order valence-electron chi connectivity index (χ4n) is 1.45. The molecule has 0 spiro atoms. The van der Waals surface area contributed by atoms with Crippen molar-refractivity contribution in [2.45, 2.75) is 6.92 Å². The van der Waals surface area contributed by atoms with E-state index in [0.29, 0.717) is 6.01 Å². The number of ether oxygens (including phenoxy) is 1. The summed E-state index contributed by atoms with van der Waals surface area (Å²) in [6.07, 6.45) is 0. The maximum atomic E-state index is 11.8. The van der Waals surface area contributed by atoms with Crippen molar-refractivity contribution in [3.63, 3.8) is 0 Å². The third-order valence-electron chi connectivity index (χ3n) is 2.40. The van der Waals surface area contributed by atoms with Crippen LogP contribution in [0.3, 0.4) is 0 Å². The highest BCUT2D eigenvalue weighted by atomic mass is 16.5. The molecule has 0 saturated heterocycles. The van der Waals surface area contributed by atoms with Crippen LogP contribution in [0.2, 0.25) is 0 Å². The Morgan fingerprint density at radius 3 is 2.38 bits per heavy atom. The van der Waals surface area contributed by atoms with Crippen molar-refractivity contribution in [1.82, 2.24) is 14.3 Å². The number of hydrogen-bond donors (Lipinski definition) is 0. The minimum atomic E-state index is -0.222. The minimum Gasteiger partial charge on any atom is -0.467 e. The Hall–Kier alpha value is -2.04. The Balaban J connectivity index is 2.56. The summed E-state index contributed by atoms with van der Waals surface area (Å²) in [5, 5.41) is 4.07. The van der Waals surface area contributed by atoms with E-state index in [2.05, 4.69) is 5.10 Å².